The number of hydrogen-bond acceptors (Lipinski definition) is 6. The fourth-order valence-corrected chi connectivity index (χ4v) is 3.31. The van der Waals surface area contributed by atoms with E-state index in [9.17, 15) is 4.79 Å². The number of hydrogen-bond donors (Lipinski definition) is 1. The quantitative estimate of drug-likeness (QED) is 0.709. The number of nitrogens with one attached hydrogen (secondary N) is 1. The summed E-state index contributed by atoms with van der Waals surface area (Å²) < 4.78 is 5.28. The van der Waals surface area contributed by atoms with Crippen molar-refractivity contribution in [2.45, 2.75) is 0 Å². The number of piperazine rings is 1. The van der Waals surface area contributed by atoms with Gasteiger partial charge in [0.2, 0.25) is 5.95 Å². The second-order valence-electron chi connectivity index (χ2n) is 6.35. The zero-order chi connectivity index (χ0) is 17.9. The van der Waals surface area contributed by atoms with E-state index in [0.717, 1.165) is 48.8 Å². The number of Topliss-reactive ketones (excluding diaryl/α,β-unsaturated/α-hetero) is 1. The number of methoxy groups -OCH3 is 1. The number of benzene rings is 1. The summed E-state index contributed by atoms with van der Waals surface area (Å²) in [6.45, 7) is 3.68. The van der Waals surface area contributed by atoms with Gasteiger partial charge in [-0.3, -0.25) is 9.69 Å². The van der Waals surface area contributed by atoms with Crippen LogP contribution in [0.25, 0.3) is 10.9 Å². The molecule has 1 N–H and O–H groups in total. The normalized spacial score (nSPS) is 15.3. The first kappa shape index (κ1) is 16.5. The Morgan fingerprint density at radius 3 is 2.69 bits per heavy atom. The molecular weight excluding hydrogens is 330 g/mol. The number of ketones is 1. The van der Waals surface area contributed by atoms with Crippen LogP contribution in [0.15, 0.2) is 42.9 Å². The molecule has 0 aliphatic carbocycles. The van der Waals surface area contributed by atoms with E-state index < -0.39 is 0 Å². The van der Waals surface area contributed by atoms with Crippen LogP contribution in [0.5, 0.6) is 5.75 Å². The van der Waals surface area contributed by atoms with Crippen molar-refractivity contribution in [3.63, 3.8) is 0 Å². The number of aromatic amines is 1. The van der Waals surface area contributed by atoms with E-state index in [1.165, 1.54) is 0 Å². The van der Waals surface area contributed by atoms with Gasteiger partial charge in [0, 0.05) is 61.2 Å². The zero-order valence-electron chi connectivity index (χ0n) is 14.7. The molecule has 1 aliphatic heterocycles. The van der Waals surface area contributed by atoms with Crippen LogP contribution < -0.4 is 9.64 Å². The van der Waals surface area contributed by atoms with E-state index in [-0.39, 0.29) is 5.78 Å². The summed E-state index contributed by atoms with van der Waals surface area (Å²) in [6, 6.07) is 7.54. The maximum absolute atomic E-state index is 12.8. The van der Waals surface area contributed by atoms with E-state index >= 15 is 0 Å². The monoisotopic (exact) mass is 351 g/mol. The number of H-pyrrole nitrogens is 1. The Balaban J connectivity index is 1.42. The van der Waals surface area contributed by atoms with E-state index in [1.807, 2.05) is 24.3 Å². The summed E-state index contributed by atoms with van der Waals surface area (Å²) in [5, 5.41) is 0.908. The van der Waals surface area contributed by atoms with Crippen LogP contribution in [-0.4, -0.2) is 65.5 Å². The summed E-state index contributed by atoms with van der Waals surface area (Å²) in [4.78, 5) is 28.9. The fourth-order valence-electron chi connectivity index (χ4n) is 3.31. The van der Waals surface area contributed by atoms with Crippen molar-refractivity contribution in [2.75, 3.05) is 44.7 Å². The molecule has 1 aliphatic rings. The minimum atomic E-state index is 0.119. The molecule has 7 nitrogen and oxygen atoms in total. The number of nitrogens with zero attached hydrogens (tertiary/aromatic N) is 4. The highest BCUT2D eigenvalue weighted by Gasteiger charge is 2.22. The maximum atomic E-state index is 12.8. The van der Waals surface area contributed by atoms with E-state index in [0.29, 0.717) is 12.1 Å². The third-order valence-electron chi connectivity index (χ3n) is 4.76. The van der Waals surface area contributed by atoms with Gasteiger partial charge in [0.15, 0.2) is 5.78 Å². The van der Waals surface area contributed by atoms with Crippen LogP contribution in [0, 0.1) is 0 Å². The molecule has 1 aromatic carbocycles. The topological polar surface area (TPSA) is 74.4 Å². The number of anilines is 1. The average molecular weight is 351 g/mol. The molecule has 2 aromatic heterocycles. The summed E-state index contributed by atoms with van der Waals surface area (Å²) in [6.07, 6.45) is 5.30. The third kappa shape index (κ3) is 3.25. The largest absolute Gasteiger partial charge is 0.497 e. The van der Waals surface area contributed by atoms with Gasteiger partial charge in [0.05, 0.1) is 13.7 Å². The minimum Gasteiger partial charge on any atom is -0.497 e. The molecular formula is C19H21N5O2. The summed E-state index contributed by atoms with van der Waals surface area (Å²) in [5.41, 5.74) is 1.66. The molecule has 26 heavy (non-hydrogen) atoms. The molecule has 3 aromatic rings. The van der Waals surface area contributed by atoms with E-state index in [1.54, 1.807) is 25.7 Å². The lowest BCUT2D eigenvalue weighted by atomic mass is 10.1. The molecule has 3 heterocycles. The van der Waals surface area contributed by atoms with Crippen molar-refractivity contribution in [3.8, 4) is 5.75 Å². The first-order chi connectivity index (χ1) is 12.7. The molecule has 0 atom stereocenters. The lowest BCUT2D eigenvalue weighted by Gasteiger charge is -2.34. The summed E-state index contributed by atoms with van der Waals surface area (Å²) in [5.74, 6) is 1.62. The Hall–Kier alpha value is -2.93. The Labute approximate surface area is 151 Å². The lowest BCUT2D eigenvalue weighted by molar-refractivity contribution is 0.0928. The van der Waals surface area contributed by atoms with Crippen molar-refractivity contribution in [2.24, 2.45) is 0 Å². The maximum Gasteiger partial charge on any atom is 0.225 e. The van der Waals surface area contributed by atoms with Gasteiger partial charge in [0.1, 0.15) is 5.75 Å². The standard InChI is InChI=1S/C19H21N5O2/c1-26-14-3-4-17-15(11-14)16(12-22-17)18(25)13-23-7-9-24(10-8-23)19-20-5-2-6-21-19/h2-6,11-12,22H,7-10,13H2,1H3. The molecule has 0 amide bonds. The highest BCUT2D eigenvalue weighted by molar-refractivity contribution is 6.09. The number of carbonyl (C=O) groups excluding carboxylic acids is 1. The molecule has 1 saturated heterocycles. The number of ether oxygens (including phenoxy) is 1. The van der Waals surface area contributed by atoms with Gasteiger partial charge >= 0.3 is 0 Å². The third-order valence-corrected chi connectivity index (χ3v) is 4.76. The van der Waals surface area contributed by atoms with Gasteiger partial charge in [-0.1, -0.05) is 0 Å². The number of carbonyl (C=O) groups is 1. The van der Waals surface area contributed by atoms with Crippen molar-refractivity contribution in [1.29, 1.82) is 0 Å². The predicted molar refractivity (Wildman–Crippen MR) is 99.9 cm³/mol. The molecule has 0 unspecified atom stereocenters. The van der Waals surface area contributed by atoms with Crippen LogP contribution in [0.3, 0.4) is 0 Å². The SMILES string of the molecule is COc1ccc2[nH]cc(C(=O)CN3CCN(c4ncccn4)CC3)c2c1. The molecule has 1 fully saturated rings. The van der Waals surface area contributed by atoms with E-state index in [4.69, 9.17) is 4.74 Å². The Morgan fingerprint density at radius 1 is 1.19 bits per heavy atom. The molecule has 134 valence electrons. The second-order valence-corrected chi connectivity index (χ2v) is 6.35. The van der Waals surface area contributed by atoms with Gasteiger partial charge in [-0.2, -0.15) is 0 Å². The Kier molecular flexibility index (Phi) is 4.53. The van der Waals surface area contributed by atoms with Crippen LogP contribution in [0.2, 0.25) is 0 Å². The predicted octanol–water partition coefficient (Wildman–Crippen LogP) is 1.97. The van der Waals surface area contributed by atoms with Gasteiger partial charge in [-0.05, 0) is 24.3 Å². The Bertz CT molecular complexity index is 901. The fraction of sp³-hybridized carbons (Fsp3) is 0.316. The van der Waals surface area contributed by atoms with Crippen LogP contribution in [-0.2, 0) is 0 Å². The van der Waals surface area contributed by atoms with Gasteiger partial charge in [0.25, 0.3) is 0 Å². The first-order valence-electron chi connectivity index (χ1n) is 8.67. The smallest absolute Gasteiger partial charge is 0.225 e. The lowest BCUT2D eigenvalue weighted by Crippen LogP contribution is -2.48. The van der Waals surface area contributed by atoms with Crippen LogP contribution in [0.1, 0.15) is 10.4 Å². The zero-order valence-corrected chi connectivity index (χ0v) is 14.7. The summed E-state index contributed by atoms with van der Waals surface area (Å²) in [7, 11) is 1.63. The molecule has 0 bridgehead atoms. The first-order valence-corrected chi connectivity index (χ1v) is 8.67. The Morgan fingerprint density at radius 2 is 1.96 bits per heavy atom. The highest BCUT2D eigenvalue weighted by Crippen LogP contribution is 2.24. The average Bonchev–Trinajstić information content (AvgIpc) is 3.12. The molecule has 0 radical (unpaired) electrons. The van der Waals surface area contributed by atoms with Crippen molar-refractivity contribution in [1.82, 2.24) is 19.9 Å². The number of aromatic nitrogens is 3. The molecule has 4 rings (SSSR count). The summed E-state index contributed by atoms with van der Waals surface area (Å²) >= 11 is 0. The number of rotatable bonds is 5. The minimum absolute atomic E-state index is 0.119. The number of fused-ring (bicyclic) bond motifs is 1. The van der Waals surface area contributed by atoms with Crippen molar-refractivity contribution < 1.29 is 9.53 Å². The van der Waals surface area contributed by atoms with Crippen LogP contribution >= 0.6 is 0 Å². The van der Waals surface area contributed by atoms with Crippen LogP contribution in [0.4, 0.5) is 5.95 Å². The van der Waals surface area contributed by atoms with E-state index in [2.05, 4.69) is 24.8 Å². The van der Waals surface area contributed by atoms with Gasteiger partial charge in [-0.25, -0.2) is 9.97 Å². The highest BCUT2D eigenvalue weighted by atomic mass is 16.5. The molecule has 0 spiro atoms. The second kappa shape index (κ2) is 7.13. The van der Waals surface area contributed by atoms with Crippen molar-refractivity contribution in [3.05, 3.63) is 48.4 Å². The molecule has 0 saturated carbocycles. The van der Waals surface area contributed by atoms with Gasteiger partial charge in [-0.15, -0.1) is 0 Å². The van der Waals surface area contributed by atoms with Gasteiger partial charge < -0.3 is 14.6 Å². The van der Waals surface area contributed by atoms with Crippen molar-refractivity contribution >= 4 is 22.6 Å². The molecule has 7 heteroatoms.